The number of rotatable bonds is 7. The maximum Gasteiger partial charge on any atom is 0.326 e. The molecular weight excluding hydrogens is 438 g/mol. The van der Waals surface area contributed by atoms with Crippen molar-refractivity contribution in [2.45, 2.75) is 37.9 Å². The molecule has 1 aromatic heterocycles. The number of carboxylic acids is 1. The summed E-state index contributed by atoms with van der Waals surface area (Å²) in [5.41, 5.74) is 4.56. The Labute approximate surface area is 204 Å². The summed E-state index contributed by atoms with van der Waals surface area (Å²) in [5.74, 6) is -1.81. The number of carboxylic acid groups (broad SMARTS) is 1. The van der Waals surface area contributed by atoms with E-state index in [-0.39, 0.29) is 18.9 Å². The van der Waals surface area contributed by atoms with Crippen molar-refractivity contribution in [3.8, 4) is 0 Å². The average molecular weight is 466 g/mol. The highest BCUT2D eigenvalue weighted by molar-refractivity contribution is 5.91. The highest BCUT2D eigenvalue weighted by atomic mass is 16.4. The first-order valence-electron chi connectivity index (χ1n) is 11.8. The molecule has 35 heavy (non-hydrogen) atoms. The van der Waals surface area contributed by atoms with Gasteiger partial charge in [-0.1, -0.05) is 91.0 Å². The number of carbonyl (C=O) groups excluding carboxylic acids is 1. The van der Waals surface area contributed by atoms with Gasteiger partial charge in [-0.15, -0.1) is 0 Å². The number of benzene rings is 3. The molecule has 6 heteroatoms. The van der Waals surface area contributed by atoms with Gasteiger partial charge in [0.15, 0.2) is 0 Å². The second-order valence-electron chi connectivity index (χ2n) is 8.85. The molecule has 0 saturated heterocycles. The van der Waals surface area contributed by atoms with Crippen molar-refractivity contribution >= 4 is 11.9 Å². The molecule has 176 valence electrons. The summed E-state index contributed by atoms with van der Waals surface area (Å²) >= 11 is 0. The van der Waals surface area contributed by atoms with Gasteiger partial charge in [-0.2, -0.15) is 0 Å². The van der Waals surface area contributed by atoms with E-state index in [0.29, 0.717) is 6.54 Å². The summed E-state index contributed by atoms with van der Waals surface area (Å²) in [5, 5.41) is 10.1. The van der Waals surface area contributed by atoms with Crippen LogP contribution in [0.2, 0.25) is 0 Å². The van der Waals surface area contributed by atoms with Gasteiger partial charge in [0.1, 0.15) is 6.04 Å². The van der Waals surface area contributed by atoms with Gasteiger partial charge in [0.05, 0.1) is 24.5 Å². The molecule has 1 atom stereocenters. The SMILES string of the molecule is O=C(O)[C@@H]1Cc2c(ncn2CCc2ccccc2)CN1C(=O)C(c1ccccc1)c1ccccc1. The molecule has 1 amide bonds. The van der Waals surface area contributed by atoms with E-state index in [4.69, 9.17) is 0 Å². The van der Waals surface area contributed by atoms with Gasteiger partial charge in [-0.25, -0.2) is 9.78 Å². The lowest BCUT2D eigenvalue weighted by Crippen LogP contribution is -2.50. The average Bonchev–Trinajstić information content (AvgIpc) is 3.30. The number of nitrogens with zero attached hydrogens (tertiary/aromatic N) is 3. The number of hydrogen-bond donors (Lipinski definition) is 1. The van der Waals surface area contributed by atoms with Gasteiger partial charge in [-0.3, -0.25) is 4.79 Å². The molecule has 3 aromatic carbocycles. The van der Waals surface area contributed by atoms with Gasteiger partial charge >= 0.3 is 5.97 Å². The number of aliphatic carboxylic acids is 1. The summed E-state index contributed by atoms with van der Waals surface area (Å²) in [6.07, 6.45) is 2.84. The van der Waals surface area contributed by atoms with E-state index in [0.717, 1.165) is 28.9 Å². The zero-order valence-electron chi connectivity index (χ0n) is 19.3. The van der Waals surface area contributed by atoms with Crippen molar-refractivity contribution in [3.63, 3.8) is 0 Å². The van der Waals surface area contributed by atoms with Gasteiger partial charge in [0.2, 0.25) is 5.91 Å². The quantitative estimate of drug-likeness (QED) is 0.442. The smallest absolute Gasteiger partial charge is 0.326 e. The second kappa shape index (κ2) is 9.97. The van der Waals surface area contributed by atoms with Crippen LogP contribution in [0.3, 0.4) is 0 Å². The fourth-order valence-corrected chi connectivity index (χ4v) is 4.85. The molecule has 2 heterocycles. The number of fused-ring (bicyclic) bond motifs is 1. The van der Waals surface area contributed by atoms with E-state index in [2.05, 4.69) is 17.1 Å². The summed E-state index contributed by atoms with van der Waals surface area (Å²) in [6, 6.07) is 28.3. The van der Waals surface area contributed by atoms with Crippen molar-refractivity contribution < 1.29 is 14.7 Å². The van der Waals surface area contributed by atoms with Gasteiger partial charge in [0.25, 0.3) is 0 Å². The molecule has 0 spiro atoms. The number of aryl methyl sites for hydroxylation is 2. The van der Waals surface area contributed by atoms with Crippen LogP contribution in [0.5, 0.6) is 0 Å². The van der Waals surface area contributed by atoms with Crippen LogP contribution in [-0.2, 0) is 35.5 Å². The standard InChI is InChI=1S/C29H27N3O3/c33-28(27(22-12-6-2-7-13-22)23-14-8-3-9-15-23)32-19-24-25(18-26(32)29(34)35)31(20-30-24)17-16-21-10-4-1-5-11-21/h1-15,20,26-27H,16-19H2,(H,34,35)/t26-/m0/s1. The maximum atomic E-state index is 14.0. The normalized spacial score (nSPS) is 15.1. The molecular formula is C29H27N3O3. The molecule has 0 aliphatic carbocycles. The first-order chi connectivity index (χ1) is 17.1. The van der Waals surface area contributed by atoms with Gasteiger partial charge in [0, 0.05) is 18.7 Å². The Hall–Kier alpha value is -4.19. The third-order valence-electron chi connectivity index (χ3n) is 6.68. The molecule has 0 saturated carbocycles. The second-order valence-corrected chi connectivity index (χ2v) is 8.85. The Balaban J connectivity index is 1.44. The summed E-state index contributed by atoms with van der Waals surface area (Å²) in [6.45, 7) is 0.892. The van der Waals surface area contributed by atoms with E-state index >= 15 is 0 Å². The summed E-state index contributed by atoms with van der Waals surface area (Å²) in [4.78, 5) is 32.4. The maximum absolute atomic E-state index is 14.0. The Kier molecular flexibility index (Phi) is 6.44. The van der Waals surface area contributed by atoms with Crippen molar-refractivity contribution in [3.05, 3.63) is 125 Å². The van der Waals surface area contributed by atoms with E-state index in [1.165, 1.54) is 10.5 Å². The zero-order valence-corrected chi connectivity index (χ0v) is 19.3. The van der Waals surface area contributed by atoms with E-state index in [1.807, 2.05) is 83.4 Å². The van der Waals surface area contributed by atoms with Gasteiger partial charge in [-0.05, 0) is 23.1 Å². The monoisotopic (exact) mass is 465 g/mol. The topological polar surface area (TPSA) is 75.4 Å². The van der Waals surface area contributed by atoms with E-state index in [9.17, 15) is 14.7 Å². The minimum atomic E-state index is -1.00. The third kappa shape index (κ3) is 4.73. The molecule has 1 N–H and O–H groups in total. The van der Waals surface area contributed by atoms with Crippen LogP contribution in [0, 0.1) is 0 Å². The number of imidazole rings is 1. The van der Waals surface area contributed by atoms with Crippen LogP contribution in [0.1, 0.15) is 34.0 Å². The van der Waals surface area contributed by atoms with E-state index in [1.54, 1.807) is 6.33 Å². The van der Waals surface area contributed by atoms with E-state index < -0.39 is 17.9 Å². The Morgan fingerprint density at radius 2 is 1.46 bits per heavy atom. The highest BCUT2D eigenvalue weighted by Gasteiger charge is 2.40. The van der Waals surface area contributed by atoms with Crippen molar-refractivity contribution in [2.24, 2.45) is 0 Å². The zero-order chi connectivity index (χ0) is 24.2. The van der Waals surface area contributed by atoms with Gasteiger partial charge < -0.3 is 14.6 Å². The fourth-order valence-electron chi connectivity index (χ4n) is 4.85. The van der Waals surface area contributed by atoms with Crippen LogP contribution in [-0.4, -0.2) is 37.5 Å². The highest BCUT2D eigenvalue weighted by Crippen LogP contribution is 2.31. The Morgan fingerprint density at radius 3 is 2.03 bits per heavy atom. The minimum absolute atomic E-state index is 0.180. The summed E-state index contributed by atoms with van der Waals surface area (Å²) < 4.78 is 2.03. The minimum Gasteiger partial charge on any atom is -0.480 e. The molecule has 0 bridgehead atoms. The van der Waals surface area contributed by atoms with Crippen LogP contribution in [0.25, 0.3) is 0 Å². The molecule has 0 fully saturated rings. The molecule has 0 unspecified atom stereocenters. The number of amides is 1. The number of hydrogen-bond acceptors (Lipinski definition) is 3. The predicted octanol–water partition coefficient (Wildman–Crippen LogP) is 4.30. The predicted molar refractivity (Wildman–Crippen MR) is 133 cm³/mol. The number of aromatic nitrogens is 2. The third-order valence-corrected chi connectivity index (χ3v) is 6.68. The molecule has 4 aromatic rings. The lowest BCUT2D eigenvalue weighted by atomic mass is 9.88. The fraction of sp³-hybridized carbons (Fsp3) is 0.207. The lowest BCUT2D eigenvalue weighted by molar-refractivity contribution is -0.151. The van der Waals surface area contributed by atoms with Crippen molar-refractivity contribution in [2.75, 3.05) is 0 Å². The molecule has 1 aliphatic heterocycles. The van der Waals surface area contributed by atoms with Crippen molar-refractivity contribution in [1.82, 2.24) is 14.5 Å². The number of carbonyl (C=O) groups is 2. The van der Waals surface area contributed by atoms with Crippen LogP contribution < -0.4 is 0 Å². The molecule has 0 radical (unpaired) electrons. The Bertz CT molecular complexity index is 1260. The molecule has 6 nitrogen and oxygen atoms in total. The molecule has 5 rings (SSSR count). The van der Waals surface area contributed by atoms with Crippen LogP contribution >= 0.6 is 0 Å². The van der Waals surface area contributed by atoms with Crippen molar-refractivity contribution in [1.29, 1.82) is 0 Å². The van der Waals surface area contributed by atoms with Crippen LogP contribution in [0.4, 0.5) is 0 Å². The first kappa shape index (κ1) is 22.6. The molecule has 1 aliphatic rings. The lowest BCUT2D eigenvalue weighted by Gasteiger charge is -2.35. The van der Waals surface area contributed by atoms with Crippen LogP contribution in [0.15, 0.2) is 97.3 Å². The first-order valence-corrected chi connectivity index (χ1v) is 11.8. The Morgan fingerprint density at radius 1 is 0.886 bits per heavy atom. The summed E-state index contributed by atoms with van der Waals surface area (Å²) in [7, 11) is 0. The largest absolute Gasteiger partial charge is 0.480 e.